The maximum Gasteiger partial charge on any atom is 0.222 e. The number of aromatic amines is 1. The highest BCUT2D eigenvalue weighted by Crippen LogP contribution is 2.34. The van der Waals surface area contributed by atoms with Crippen molar-refractivity contribution in [1.82, 2.24) is 19.9 Å². The van der Waals surface area contributed by atoms with Gasteiger partial charge in [0.25, 0.3) is 0 Å². The fourth-order valence-electron chi connectivity index (χ4n) is 3.11. The molecule has 2 aromatic heterocycles. The quantitative estimate of drug-likeness (QED) is 0.866. The number of nitrogens with one attached hydrogen (secondary N) is 1. The van der Waals surface area contributed by atoms with Gasteiger partial charge in [-0.1, -0.05) is 0 Å². The molecular weight excluding hydrogens is 280 g/mol. The lowest BCUT2D eigenvalue weighted by Gasteiger charge is -2.34. The van der Waals surface area contributed by atoms with Gasteiger partial charge in [0, 0.05) is 36.7 Å². The highest BCUT2D eigenvalue weighted by molar-refractivity contribution is 5.89. The summed E-state index contributed by atoms with van der Waals surface area (Å²) in [4.78, 5) is 18.6. The SMILES string of the molecule is Cc1nc(N)nc2c1C=C(c1ncc[nH]1)CN2[C@H]1CCOC1. The van der Waals surface area contributed by atoms with Crippen LogP contribution in [0.4, 0.5) is 11.8 Å². The Morgan fingerprint density at radius 3 is 3.05 bits per heavy atom. The van der Waals surface area contributed by atoms with Crippen molar-refractivity contribution in [3.05, 3.63) is 29.5 Å². The van der Waals surface area contributed by atoms with Crippen LogP contribution in [-0.2, 0) is 4.74 Å². The second kappa shape index (κ2) is 5.10. The van der Waals surface area contributed by atoms with Crippen LogP contribution in [0.1, 0.15) is 23.5 Å². The zero-order valence-electron chi connectivity index (χ0n) is 12.4. The third-order valence-corrected chi connectivity index (χ3v) is 4.21. The van der Waals surface area contributed by atoms with E-state index in [1.54, 1.807) is 6.20 Å². The topological polar surface area (TPSA) is 92.9 Å². The number of hydrogen-bond donors (Lipinski definition) is 2. The van der Waals surface area contributed by atoms with Crippen LogP contribution < -0.4 is 10.6 Å². The number of anilines is 2. The average Bonchev–Trinajstić information content (AvgIpc) is 3.20. The molecule has 0 amide bonds. The van der Waals surface area contributed by atoms with E-state index in [1.165, 1.54) is 0 Å². The van der Waals surface area contributed by atoms with Gasteiger partial charge in [-0.25, -0.2) is 9.97 Å². The molecule has 2 aliphatic heterocycles. The number of hydrogen-bond acceptors (Lipinski definition) is 6. The predicted molar refractivity (Wildman–Crippen MR) is 84.2 cm³/mol. The predicted octanol–water partition coefficient (Wildman–Crippen LogP) is 1.24. The van der Waals surface area contributed by atoms with E-state index in [9.17, 15) is 0 Å². The zero-order chi connectivity index (χ0) is 15.1. The van der Waals surface area contributed by atoms with Crippen LogP contribution in [0.5, 0.6) is 0 Å². The van der Waals surface area contributed by atoms with Crippen LogP contribution in [0.25, 0.3) is 11.6 Å². The summed E-state index contributed by atoms with van der Waals surface area (Å²) < 4.78 is 5.55. The first-order valence-electron chi connectivity index (χ1n) is 7.41. The number of fused-ring (bicyclic) bond motifs is 1. The maximum absolute atomic E-state index is 5.85. The molecule has 0 spiro atoms. The smallest absolute Gasteiger partial charge is 0.222 e. The molecule has 7 nitrogen and oxygen atoms in total. The van der Waals surface area contributed by atoms with Crippen molar-refractivity contribution in [2.24, 2.45) is 0 Å². The van der Waals surface area contributed by atoms with Crippen molar-refractivity contribution in [3.8, 4) is 0 Å². The van der Waals surface area contributed by atoms with E-state index < -0.39 is 0 Å². The Morgan fingerprint density at radius 2 is 2.32 bits per heavy atom. The molecule has 1 fully saturated rings. The van der Waals surface area contributed by atoms with Gasteiger partial charge >= 0.3 is 0 Å². The molecule has 22 heavy (non-hydrogen) atoms. The van der Waals surface area contributed by atoms with E-state index in [1.807, 2.05) is 13.1 Å². The molecule has 0 unspecified atom stereocenters. The number of aromatic nitrogens is 4. The number of nitrogens with two attached hydrogens (primary N) is 1. The number of H-pyrrole nitrogens is 1. The van der Waals surface area contributed by atoms with E-state index in [2.05, 4.69) is 30.9 Å². The van der Waals surface area contributed by atoms with Crippen LogP contribution in [0.15, 0.2) is 12.4 Å². The third-order valence-electron chi connectivity index (χ3n) is 4.21. The molecule has 1 saturated heterocycles. The number of aryl methyl sites for hydroxylation is 1. The molecule has 0 aliphatic carbocycles. The third kappa shape index (κ3) is 2.14. The Morgan fingerprint density at radius 1 is 1.41 bits per heavy atom. The van der Waals surface area contributed by atoms with Gasteiger partial charge in [0.2, 0.25) is 5.95 Å². The number of imidazole rings is 1. The standard InChI is InChI=1S/C15H18N6O/c1-9-12-6-10(13-17-3-4-18-13)7-21(11-2-5-22-8-11)14(12)20-15(16)19-9/h3-4,6,11H,2,5,7-8H2,1H3,(H,17,18)(H2,16,19,20)/t11-/m0/s1. The normalized spacial score (nSPS) is 20.9. The highest BCUT2D eigenvalue weighted by Gasteiger charge is 2.31. The Balaban J connectivity index is 1.84. The molecule has 0 aromatic carbocycles. The largest absolute Gasteiger partial charge is 0.379 e. The fourth-order valence-corrected chi connectivity index (χ4v) is 3.11. The minimum atomic E-state index is 0.311. The van der Waals surface area contributed by atoms with Crippen molar-refractivity contribution in [1.29, 1.82) is 0 Å². The van der Waals surface area contributed by atoms with Gasteiger partial charge in [-0.2, -0.15) is 4.98 Å². The summed E-state index contributed by atoms with van der Waals surface area (Å²) in [5.41, 5.74) is 8.88. The van der Waals surface area contributed by atoms with Gasteiger partial charge in [-0.3, -0.25) is 0 Å². The summed E-state index contributed by atoms with van der Waals surface area (Å²) in [5, 5.41) is 0. The molecule has 0 radical (unpaired) electrons. The fraction of sp³-hybridized carbons (Fsp3) is 0.400. The molecule has 4 rings (SSSR count). The van der Waals surface area contributed by atoms with Crippen LogP contribution in [0, 0.1) is 6.92 Å². The van der Waals surface area contributed by atoms with E-state index in [-0.39, 0.29) is 0 Å². The minimum Gasteiger partial charge on any atom is -0.379 e. The lowest BCUT2D eigenvalue weighted by Crippen LogP contribution is -2.40. The van der Waals surface area contributed by atoms with Gasteiger partial charge in [0.15, 0.2) is 0 Å². The number of nitrogens with zero attached hydrogens (tertiary/aromatic N) is 4. The second-order valence-corrected chi connectivity index (χ2v) is 5.66. The first-order chi connectivity index (χ1) is 10.7. The van der Waals surface area contributed by atoms with Crippen molar-refractivity contribution in [3.63, 3.8) is 0 Å². The Kier molecular flexibility index (Phi) is 3.07. The van der Waals surface area contributed by atoms with E-state index in [0.717, 1.165) is 48.0 Å². The molecule has 2 aromatic rings. The first-order valence-corrected chi connectivity index (χ1v) is 7.41. The Labute approximate surface area is 128 Å². The van der Waals surface area contributed by atoms with Crippen LogP contribution in [0.2, 0.25) is 0 Å². The van der Waals surface area contributed by atoms with Crippen LogP contribution in [-0.4, -0.2) is 45.7 Å². The van der Waals surface area contributed by atoms with Gasteiger partial charge < -0.3 is 20.4 Å². The number of nitrogen functional groups attached to an aromatic ring is 1. The van der Waals surface area contributed by atoms with Crippen molar-refractivity contribution < 1.29 is 4.74 Å². The van der Waals surface area contributed by atoms with E-state index in [4.69, 9.17) is 10.5 Å². The Hall–Kier alpha value is -2.41. The Bertz CT molecular complexity index is 718. The van der Waals surface area contributed by atoms with Gasteiger partial charge in [-0.05, 0) is 19.4 Å². The molecule has 2 aliphatic rings. The van der Waals surface area contributed by atoms with Gasteiger partial charge in [0.1, 0.15) is 11.6 Å². The average molecular weight is 298 g/mol. The summed E-state index contributed by atoms with van der Waals surface area (Å²) in [5.74, 6) is 2.09. The maximum atomic E-state index is 5.85. The van der Waals surface area contributed by atoms with Crippen LogP contribution in [0.3, 0.4) is 0 Å². The molecule has 0 bridgehead atoms. The number of rotatable bonds is 2. The summed E-state index contributed by atoms with van der Waals surface area (Å²) >= 11 is 0. The van der Waals surface area contributed by atoms with Crippen molar-refractivity contribution in [2.45, 2.75) is 19.4 Å². The molecule has 114 valence electrons. The highest BCUT2D eigenvalue weighted by atomic mass is 16.5. The lowest BCUT2D eigenvalue weighted by atomic mass is 10.0. The molecule has 3 N–H and O–H groups in total. The summed E-state index contributed by atoms with van der Waals surface area (Å²) in [6, 6.07) is 0.311. The summed E-state index contributed by atoms with van der Waals surface area (Å²) in [6.07, 6.45) is 6.70. The molecule has 1 atom stereocenters. The molecule has 7 heteroatoms. The first kappa shape index (κ1) is 13.3. The van der Waals surface area contributed by atoms with Crippen LogP contribution >= 0.6 is 0 Å². The molecular formula is C15H18N6O. The zero-order valence-corrected chi connectivity index (χ0v) is 12.4. The summed E-state index contributed by atoms with van der Waals surface area (Å²) in [7, 11) is 0. The number of ether oxygens (including phenoxy) is 1. The van der Waals surface area contributed by atoms with E-state index >= 15 is 0 Å². The van der Waals surface area contributed by atoms with Gasteiger partial charge in [0.05, 0.1) is 18.3 Å². The lowest BCUT2D eigenvalue weighted by molar-refractivity contribution is 0.193. The van der Waals surface area contributed by atoms with Crippen molar-refractivity contribution in [2.75, 3.05) is 30.4 Å². The van der Waals surface area contributed by atoms with Gasteiger partial charge in [-0.15, -0.1) is 0 Å². The molecule has 4 heterocycles. The summed E-state index contributed by atoms with van der Waals surface area (Å²) in [6.45, 7) is 4.20. The minimum absolute atomic E-state index is 0.311. The van der Waals surface area contributed by atoms with Crippen molar-refractivity contribution >= 4 is 23.4 Å². The van der Waals surface area contributed by atoms with E-state index in [0.29, 0.717) is 18.6 Å². The molecule has 0 saturated carbocycles. The second-order valence-electron chi connectivity index (χ2n) is 5.66. The monoisotopic (exact) mass is 298 g/mol.